The Labute approximate surface area is 173 Å². The van der Waals surface area contributed by atoms with E-state index in [2.05, 4.69) is 33.0 Å². The lowest BCUT2D eigenvalue weighted by Crippen LogP contribution is -2.52. The molecule has 6 heteroatoms. The van der Waals surface area contributed by atoms with Crippen LogP contribution in [0.5, 0.6) is 11.5 Å². The number of aliphatic hydroxyl groups is 1. The summed E-state index contributed by atoms with van der Waals surface area (Å²) >= 11 is 0. The molecule has 156 valence electrons. The summed E-state index contributed by atoms with van der Waals surface area (Å²) in [4.78, 5) is 9.47. The Bertz CT molecular complexity index is 825. The zero-order chi connectivity index (χ0) is 20.6. The van der Waals surface area contributed by atoms with Crippen LogP contribution < -0.4 is 4.74 Å². The SMILES string of the molecule is COc1cc(C=CCN2CCN(Cc3cccc(C)n3)C(CCO)C2)ccc1O. The summed E-state index contributed by atoms with van der Waals surface area (Å²) in [7, 11) is 1.55. The van der Waals surface area contributed by atoms with Crippen molar-refractivity contribution in [2.24, 2.45) is 0 Å². The van der Waals surface area contributed by atoms with Gasteiger partial charge in [0.1, 0.15) is 0 Å². The van der Waals surface area contributed by atoms with Gasteiger partial charge in [-0.05, 0) is 43.2 Å². The quantitative estimate of drug-likeness (QED) is 0.714. The van der Waals surface area contributed by atoms with E-state index in [1.165, 1.54) is 0 Å². The first-order valence-electron chi connectivity index (χ1n) is 10.1. The van der Waals surface area contributed by atoms with Crippen molar-refractivity contribution in [2.75, 3.05) is 39.9 Å². The van der Waals surface area contributed by atoms with Crippen molar-refractivity contribution in [1.82, 2.24) is 14.8 Å². The normalized spacial score (nSPS) is 18.4. The van der Waals surface area contributed by atoms with Crippen LogP contribution in [0.4, 0.5) is 0 Å². The van der Waals surface area contributed by atoms with E-state index >= 15 is 0 Å². The van der Waals surface area contributed by atoms with Crippen LogP contribution in [0.2, 0.25) is 0 Å². The second-order valence-electron chi connectivity index (χ2n) is 7.50. The third-order valence-corrected chi connectivity index (χ3v) is 5.34. The summed E-state index contributed by atoms with van der Waals surface area (Å²) in [6, 6.07) is 11.8. The first-order valence-corrected chi connectivity index (χ1v) is 10.1. The molecule has 1 saturated heterocycles. The standard InChI is InChI=1S/C23H31N3O3/c1-18-5-3-7-20(24-18)16-26-13-12-25(17-21(26)10-14-27)11-4-6-19-8-9-22(28)23(15-19)29-2/h3-9,15,21,27-28H,10-14,16-17H2,1-2H3. The molecule has 0 spiro atoms. The first-order chi connectivity index (χ1) is 14.1. The smallest absolute Gasteiger partial charge is 0.161 e. The summed E-state index contributed by atoms with van der Waals surface area (Å²) < 4.78 is 5.16. The summed E-state index contributed by atoms with van der Waals surface area (Å²) in [5, 5.41) is 19.2. The summed E-state index contributed by atoms with van der Waals surface area (Å²) in [5.41, 5.74) is 3.12. The molecule has 1 aromatic carbocycles. The minimum absolute atomic E-state index is 0.149. The molecule has 2 aromatic rings. The molecular formula is C23H31N3O3. The predicted octanol–water partition coefficient (Wildman–Crippen LogP) is 2.69. The van der Waals surface area contributed by atoms with Gasteiger partial charge in [-0.1, -0.05) is 24.3 Å². The lowest BCUT2D eigenvalue weighted by Gasteiger charge is -2.41. The molecule has 1 atom stereocenters. The van der Waals surface area contributed by atoms with E-state index in [0.717, 1.165) is 56.1 Å². The van der Waals surface area contributed by atoms with Crippen LogP contribution in [-0.2, 0) is 6.54 Å². The highest BCUT2D eigenvalue weighted by molar-refractivity contribution is 5.55. The molecule has 0 aliphatic carbocycles. The first kappa shape index (κ1) is 21.3. The minimum atomic E-state index is 0.149. The van der Waals surface area contributed by atoms with E-state index in [1.807, 2.05) is 31.2 Å². The van der Waals surface area contributed by atoms with Gasteiger partial charge in [-0.3, -0.25) is 14.8 Å². The van der Waals surface area contributed by atoms with E-state index in [0.29, 0.717) is 11.8 Å². The molecule has 29 heavy (non-hydrogen) atoms. The number of phenols is 1. The van der Waals surface area contributed by atoms with Crippen LogP contribution in [0.3, 0.4) is 0 Å². The molecule has 3 rings (SSSR count). The maximum Gasteiger partial charge on any atom is 0.161 e. The molecule has 1 aliphatic rings. The van der Waals surface area contributed by atoms with E-state index in [1.54, 1.807) is 13.2 Å². The van der Waals surface area contributed by atoms with Crippen LogP contribution in [0.25, 0.3) is 6.08 Å². The number of methoxy groups -OCH3 is 1. The highest BCUT2D eigenvalue weighted by Crippen LogP contribution is 2.26. The number of ether oxygens (including phenoxy) is 1. The number of pyridine rings is 1. The number of benzene rings is 1. The second kappa shape index (κ2) is 10.4. The van der Waals surface area contributed by atoms with Gasteiger partial charge in [0.2, 0.25) is 0 Å². The van der Waals surface area contributed by atoms with Crippen molar-refractivity contribution < 1.29 is 14.9 Å². The van der Waals surface area contributed by atoms with Crippen LogP contribution in [-0.4, -0.2) is 70.9 Å². The molecule has 1 fully saturated rings. The fraction of sp³-hybridized carbons (Fsp3) is 0.435. The molecule has 0 saturated carbocycles. The monoisotopic (exact) mass is 397 g/mol. The van der Waals surface area contributed by atoms with Gasteiger partial charge in [-0.15, -0.1) is 0 Å². The molecule has 0 amide bonds. The number of aromatic hydroxyl groups is 1. The van der Waals surface area contributed by atoms with Crippen molar-refractivity contribution in [3.05, 3.63) is 59.4 Å². The van der Waals surface area contributed by atoms with E-state index in [9.17, 15) is 10.2 Å². The Morgan fingerprint density at radius 2 is 2.10 bits per heavy atom. The van der Waals surface area contributed by atoms with Gasteiger partial charge in [0.05, 0.1) is 12.8 Å². The van der Waals surface area contributed by atoms with E-state index in [4.69, 9.17) is 4.74 Å². The predicted molar refractivity (Wildman–Crippen MR) is 115 cm³/mol. The molecule has 0 radical (unpaired) electrons. The van der Waals surface area contributed by atoms with Gasteiger partial charge in [0, 0.05) is 51.1 Å². The maximum absolute atomic E-state index is 9.70. The number of aromatic nitrogens is 1. The van der Waals surface area contributed by atoms with E-state index in [-0.39, 0.29) is 12.4 Å². The van der Waals surface area contributed by atoms with Gasteiger partial charge in [-0.25, -0.2) is 0 Å². The lowest BCUT2D eigenvalue weighted by atomic mass is 10.1. The third-order valence-electron chi connectivity index (χ3n) is 5.34. The Kier molecular flexibility index (Phi) is 7.63. The van der Waals surface area contributed by atoms with Gasteiger partial charge in [-0.2, -0.15) is 0 Å². The molecule has 1 aromatic heterocycles. The van der Waals surface area contributed by atoms with Gasteiger partial charge in [0.15, 0.2) is 11.5 Å². The average Bonchev–Trinajstić information content (AvgIpc) is 2.71. The number of hydrogen-bond donors (Lipinski definition) is 2. The number of hydrogen-bond acceptors (Lipinski definition) is 6. The number of aryl methyl sites for hydroxylation is 1. The van der Waals surface area contributed by atoms with Crippen LogP contribution in [0.15, 0.2) is 42.5 Å². The number of phenolic OH excluding ortho intramolecular Hbond substituents is 1. The van der Waals surface area contributed by atoms with Crippen molar-refractivity contribution in [3.8, 4) is 11.5 Å². The van der Waals surface area contributed by atoms with Gasteiger partial charge < -0.3 is 14.9 Å². The fourth-order valence-electron chi connectivity index (χ4n) is 3.79. The molecule has 6 nitrogen and oxygen atoms in total. The van der Waals surface area contributed by atoms with Crippen molar-refractivity contribution in [2.45, 2.75) is 25.9 Å². The lowest BCUT2D eigenvalue weighted by molar-refractivity contribution is 0.0587. The molecule has 2 N–H and O–H groups in total. The fourth-order valence-corrected chi connectivity index (χ4v) is 3.79. The highest BCUT2D eigenvalue weighted by atomic mass is 16.5. The molecule has 1 aliphatic heterocycles. The summed E-state index contributed by atoms with van der Waals surface area (Å²) in [6.07, 6.45) is 4.95. The Hall–Kier alpha value is -2.41. The Morgan fingerprint density at radius 1 is 1.24 bits per heavy atom. The van der Waals surface area contributed by atoms with Gasteiger partial charge in [0.25, 0.3) is 0 Å². The number of nitrogens with zero attached hydrogens (tertiary/aromatic N) is 3. The zero-order valence-corrected chi connectivity index (χ0v) is 17.3. The minimum Gasteiger partial charge on any atom is -0.504 e. The molecule has 1 unspecified atom stereocenters. The van der Waals surface area contributed by atoms with Crippen molar-refractivity contribution in [1.29, 1.82) is 0 Å². The van der Waals surface area contributed by atoms with Crippen LogP contribution >= 0.6 is 0 Å². The van der Waals surface area contributed by atoms with Crippen LogP contribution in [0.1, 0.15) is 23.4 Å². The zero-order valence-electron chi connectivity index (χ0n) is 17.3. The largest absolute Gasteiger partial charge is 0.504 e. The van der Waals surface area contributed by atoms with E-state index < -0.39 is 0 Å². The maximum atomic E-state index is 9.70. The Balaban J connectivity index is 1.57. The van der Waals surface area contributed by atoms with Crippen molar-refractivity contribution in [3.63, 3.8) is 0 Å². The topological polar surface area (TPSA) is 69.1 Å². The summed E-state index contributed by atoms with van der Waals surface area (Å²) in [6.45, 7) is 6.75. The highest BCUT2D eigenvalue weighted by Gasteiger charge is 2.26. The number of rotatable bonds is 8. The molecule has 2 heterocycles. The number of piperazine rings is 1. The second-order valence-corrected chi connectivity index (χ2v) is 7.50. The Morgan fingerprint density at radius 3 is 2.86 bits per heavy atom. The average molecular weight is 398 g/mol. The van der Waals surface area contributed by atoms with Crippen molar-refractivity contribution >= 4 is 6.08 Å². The van der Waals surface area contributed by atoms with Gasteiger partial charge >= 0.3 is 0 Å². The molecular weight excluding hydrogens is 366 g/mol. The summed E-state index contributed by atoms with van der Waals surface area (Å²) in [5.74, 6) is 0.629. The number of aliphatic hydroxyl groups excluding tert-OH is 1. The third kappa shape index (κ3) is 6.03. The molecule has 0 bridgehead atoms. The van der Waals surface area contributed by atoms with Crippen LogP contribution in [0, 0.1) is 6.92 Å².